The Morgan fingerprint density at radius 2 is 1.67 bits per heavy atom. The maximum atomic E-state index is 11.4. The highest BCUT2D eigenvalue weighted by atomic mass is 16.5. The third-order valence-corrected chi connectivity index (χ3v) is 3.02. The first-order valence-corrected chi connectivity index (χ1v) is 8.00. The highest BCUT2D eigenvalue weighted by molar-refractivity contribution is 5.84. The van der Waals surface area contributed by atoms with Crippen LogP contribution < -0.4 is 5.32 Å². The molecular weight excluding hydrogens is 270 g/mol. The van der Waals surface area contributed by atoms with Crippen LogP contribution in [0.5, 0.6) is 0 Å². The third-order valence-electron chi connectivity index (χ3n) is 3.02. The number of Topliss-reactive ketones (excluding diaryl/α,β-unsaturated/α-hetero) is 1. The summed E-state index contributed by atoms with van der Waals surface area (Å²) in [5.41, 5.74) is 0. The minimum atomic E-state index is -0.0613. The summed E-state index contributed by atoms with van der Waals surface area (Å²) >= 11 is 0. The molecule has 124 valence electrons. The number of ketones is 1. The van der Waals surface area contributed by atoms with Crippen LogP contribution in [0.25, 0.3) is 0 Å². The van der Waals surface area contributed by atoms with Crippen LogP contribution in [0.15, 0.2) is 0 Å². The number of nitrogens with one attached hydrogen (secondary N) is 1. The Morgan fingerprint density at radius 3 is 2.29 bits per heavy atom. The molecule has 0 aliphatic heterocycles. The summed E-state index contributed by atoms with van der Waals surface area (Å²) < 4.78 is 10.8. The van der Waals surface area contributed by atoms with Crippen molar-refractivity contribution in [3.63, 3.8) is 0 Å². The number of hydrogen-bond donors (Lipinski definition) is 1. The Bertz CT molecular complexity index is 279. The van der Waals surface area contributed by atoms with Crippen LogP contribution in [0.2, 0.25) is 0 Å². The van der Waals surface area contributed by atoms with Crippen LogP contribution in [0.3, 0.4) is 0 Å². The van der Waals surface area contributed by atoms with E-state index in [2.05, 4.69) is 19.2 Å². The minimum absolute atomic E-state index is 0.0613. The number of carbonyl (C=O) groups is 2. The summed E-state index contributed by atoms with van der Waals surface area (Å²) in [6.45, 7) is 9.36. The van der Waals surface area contributed by atoms with Gasteiger partial charge in [-0.1, -0.05) is 20.8 Å². The van der Waals surface area contributed by atoms with Crippen molar-refractivity contribution in [3.05, 3.63) is 0 Å². The van der Waals surface area contributed by atoms with Crippen LogP contribution in [0, 0.1) is 5.92 Å². The maximum Gasteiger partial charge on any atom is 0.220 e. The molecule has 0 saturated carbocycles. The number of rotatable bonds is 14. The Labute approximate surface area is 128 Å². The molecule has 0 atom stereocenters. The molecule has 0 spiro atoms. The summed E-state index contributed by atoms with van der Waals surface area (Å²) in [7, 11) is 0. The van der Waals surface area contributed by atoms with E-state index in [0.717, 1.165) is 19.4 Å². The van der Waals surface area contributed by atoms with E-state index in [1.54, 1.807) is 0 Å². The second kappa shape index (κ2) is 14.0. The maximum absolute atomic E-state index is 11.4. The van der Waals surface area contributed by atoms with Gasteiger partial charge in [0.05, 0.1) is 13.2 Å². The van der Waals surface area contributed by atoms with Gasteiger partial charge in [-0.05, 0) is 18.8 Å². The first kappa shape index (κ1) is 20.1. The zero-order valence-corrected chi connectivity index (χ0v) is 13.8. The average molecular weight is 301 g/mol. The first-order chi connectivity index (χ1) is 10.1. The summed E-state index contributed by atoms with van der Waals surface area (Å²) in [6, 6.07) is 0. The van der Waals surface area contributed by atoms with E-state index in [1.165, 1.54) is 0 Å². The fraction of sp³-hybridized carbons (Fsp3) is 0.875. The first-order valence-electron chi connectivity index (χ1n) is 8.00. The highest BCUT2D eigenvalue weighted by Gasteiger charge is 2.04. The van der Waals surface area contributed by atoms with Gasteiger partial charge < -0.3 is 14.8 Å². The van der Waals surface area contributed by atoms with Crippen LogP contribution in [0.4, 0.5) is 0 Å². The quantitative estimate of drug-likeness (QED) is 0.500. The monoisotopic (exact) mass is 301 g/mol. The summed E-state index contributed by atoms with van der Waals surface area (Å²) in [6.07, 6.45) is 2.98. The molecule has 5 heteroatoms. The van der Waals surface area contributed by atoms with E-state index in [-0.39, 0.29) is 18.1 Å². The Balaban J connectivity index is 3.21. The van der Waals surface area contributed by atoms with E-state index >= 15 is 0 Å². The van der Waals surface area contributed by atoms with Crippen LogP contribution in [-0.2, 0) is 19.1 Å². The van der Waals surface area contributed by atoms with Crippen molar-refractivity contribution in [2.75, 3.05) is 33.0 Å². The van der Waals surface area contributed by atoms with Gasteiger partial charge in [-0.15, -0.1) is 0 Å². The molecule has 0 aliphatic carbocycles. The Hall–Kier alpha value is -0.940. The van der Waals surface area contributed by atoms with E-state index in [9.17, 15) is 9.59 Å². The van der Waals surface area contributed by atoms with Gasteiger partial charge in [-0.3, -0.25) is 9.59 Å². The number of ether oxygens (including phenoxy) is 2. The zero-order valence-electron chi connectivity index (χ0n) is 13.8. The molecule has 0 aromatic carbocycles. The zero-order chi connectivity index (χ0) is 15.9. The molecule has 0 aromatic rings. The molecule has 0 saturated heterocycles. The van der Waals surface area contributed by atoms with Gasteiger partial charge >= 0.3 is 0 Å². The molecule has 0 unspecified atom stereocenters. The predicted octanol–water partition coefficient (Wildman–Crippen LogP) is 2.33. The summed E-state index contributed by atoms with van der Waals surface area (Å²) in [5, 5.41) is 2.78. The lowest BCUT2D eigenvalue weighted by molar-refractivity contribution is -0.125. The molecule has 0 fully saturated rings. The summed E-state index contributed by atoms with van der Waals surface area (Å²) in [4.78, 5) is 22.5. The third kappa shape index (κ3) is 15.3. The molecule has 1 amide bonds. The van der Waals surface area contributed by atoms with E-state index in [4.69, 9.17) is 9.47 Å². The topological polar surface area (TPSA) is 64.6 Å². The van der Waals surface area contributed by atoms with Gasteiger partial charge in [-0.25, -0.2) is 0 Å². The second-order valence-electron chi connectivity index (χ2n) is 5.50. The van der Waals surface area contributed by atoms with Gasteiger partial charge in [0.2, 0.25) is 5.91 Å². The lowest BCUT2D eigenvalue weighted by Gasteiger charge is -2.08. The van der Waals surface area contributed by atoms with Gasteiger partial charge in [0.15, 0.2) is 0 Å². The molecule has 0 aliphatic rings. The Kier molecular flexibility index (Phi) is 13.4. The standard InChI is InChI=1S/C16H31NO4/c1-4-15(18)6-7-16(19)17-9-5-10-20-12-13-21-11-8-14(2)3/h14H,4-13H2,1-3H3,(H,17,19). The normalized spacial score (nSPS) is 10.9. The molecule has 0 bridgehead atoms. The largest absolute Gasteiger partial charge is 0.379 e. The minimum Gasteiger partial charge on any atom is -0.379 e. The van der Waals surface area contributed by atoms with Crippen molar-refractivity contribution in [3.8, 4) is 0 Å². The van der Waals surface area contributed by atoms with Crippen molar-refractivity contribution in [1.29, 1.82) is 0 Å². The molecule has 5 nitrogen and oxygen atoms in total. The van der Waals surface area contributed by atoms with Gasteiger partial charge in [0.25, 0.3) is 0 Å². The van der Waals surface area contributed by atoms with E-state index in [0.29, 0.717) is 45.1 Å². The van der Waals surface area contributed by atoms with Gasteiger partial charge in [0, 0.05) is 39.0 Å². The number of carbonyl (C=O) groups excluding carboxylic acids is 2. The molecule has 1 N–H and O–H groups in total. The fourth-order valence-corrected chi connectivity index (χ4v) is 1.56. The van der Waals surface area contributed by atoms with Gasteiger partial charge in [0.1, 0.15) is 5.78 Å². The lowest BCUT2D eigenvalue weighted by Crippen LogP contribution is -2.25. The molecule has 21 heavy (non-hydrogen) atoms. The van der Waals surface area contributed by atoms with Crippen molar-refractivity contribution in [1.82, 2.24) is 5.32 Å². The SMILES string of the molecule is CCC(=O)CCC(=O)NCCCOCCOCCC(C)C. The lowest BCUT2D eigenvalue weighted by atomic mass is 10.1. The Morgan fingerprint density at radius 1 is 1.00 bits per heavy atom. The van der Waals surface area contributed by atoms with Gasteiger partial charge in [-0.2, -0.15) is 0 Å². The van der Waals surface area contributed by atoms with Crippen molar-refractivity contribution in [2.45, 2.75) is 52.9 Å². The fourth-order valence-electron chi connectivity index (χ4n) is 1.56. The number of amides is 1. The molecule has 0 rings (SSSR count). The number of hydrogen-bond acceptors (Lipinski definition) is 4. The molecule has 0 radical (unpaired) electrons. The highest BCUT2D eigenvalue weighted by Crippen LogP contribution is 1.98. The van der Waals surface area contributed by atoms with Crippen molar-refractivity contribution in [2.24, 2.45) is 5.92 Å². The van der Waals surface area contributed by atoms with E-state index < -0.39 is 0 Å². The van der Waals surface area contributed by atoms with Crippen LogP contribution in [0.1, 0.15) is 52.9 Å². The average Bonchev–Trinajstić information content (AvgIpc) is 2.46. The van der Waals surface area contributed by atoms with E-state index in [1.807, 2.05) is 6.92 Å². The van der Waals surface area contributed by atoms with Crippen molar-refractivity contribution < 1.29 is 19.1 Å². The molecule has 0 heterocycles. The van der Waals surface area contributed by atoms with Crippen LogP contribution in [-0.4, -0.2) is 44.7 Å². The van der Waals surface area contributed by atoms with Crippen molar-refractivity contribution >= 4 is 11.7 Å². The van der Waals surface area contributed by atoms with Crippen LogP contribution >= 0.6 is 0 Å². The summed E-state index contributed by atoms with van der Waals surface area (Å²) in [5.74, 6) is 0.738. The molecular formula is C16H31NO4. The smallest absolute Gasteiger partial charge is 0.220 e. The predicted molar refractivity (Wildman–Crippen MR) is 83.3 cm³/mol. The molecule has 0 aromatic heterocycles. The second-order valence-corrected chi connectivity index (χ2v) is 5.50.